The first-order valence-electron chi connectivity index (χ1n) is 11.9. The summed E-state index contributed by atoms with van der Waals surface area (Å²) in [7, 11) is 0. The number of hydrogen-bond acceptors (Lipinski definition) is 6. The third kappa shape index (κ3) is 4.64. The third-order valence-electron chi connectivity index (χ3n) is 6.43. The standard InChI is InChI=1S/C29H28N2O4/c1-3-34-27-17-20(13-14-26(27)35-18(2)32)29-28-24(30-22-11-7-8-12-23(22)31-29)15-21(16-25(28)33)19-9-5-4-6-10-19/h4-14,17,21,29-31H,3,15-16H2,1-2H3/t21-,29-/m0/s1. The van der Waals surface area contributed by atoms with Crippen LogP contribution in [0.3, 0.4) is 0 Å². The smallest absolute Gasteiger partial charge is 0.308 e. The zero-order chi connectivity index (χ0) is 24.4. The molecule has 1 aliphatic heterocycles. The molecule has 0 bridgehead atoms. The van der Waals surface area contributed by atoms with Gasteiger partial charge < -0.3 is 20.1 Å². The van der Waals surface area contributed by atoms with Gasteiger partial charge in [-0.1, -0.05) is 48.5 Å². The van der Waals surface area contributed by atoms with Gasteiger partial charge in [-0.05, 0) is 54.7 Å². The highest BCUT2D eigenvalue weighted by Crippen LogP contribution is 2.45. The number of esters is 1. The zero-order valence-electron chi connectivity index (χ0n) is 19.8. The minimum absolute atomic E-state index is 0.111. The van der Waals surface area contributed by atoms with Crippen molar-refractivity contribution in [1.82, 2.24) is 0 Å². The predicted molar refractivity (Wildman–Crippen MR) is 136 cm³/mol. The minimum Gasteiger partial charge on any atom is -0.490 e. The molecule has 3 aromatic rings. The lowest BCUT2D eigenvalue weighted by atomic mass is 9.78. The largest absolute Gasteiger partial charge is 0.490 e. The Morgan fingerprint density at radius 1 is 0.914 bits per heavy atom. The molecule has 0 radical (unpaired) electrons. The first-order valence-corrected chi connectivity index (χ1v) is 11.9. The molecule has 2 atom stereocenters. The molecule has 1 aliphatic carbocycles. The number of nitrogens with one attached hydrogen (secondary N) is 2. The lowest BCUT2D eigenvalue weighted by Gasteiger charge is -2.30. The average molecular weight is 469 g/mol. The summed E-state index contributed by atoms with van der Waals surface area (Å²) in [6, 6.07) is 23.3. The Morgan fingerprint density at radius 3 is 2.40 bits per heavy atom. The fraction of sp³-hybridized carbons (Fsp3) is 0.241. The fourth-order valence-corrected chi connectivity index (χ4v) is 4.91. The summed E-state index contributed by atoms with van der Waals surface area (Å²) >= 11 is 0. The number of para-hydroxylation sites is 2. The van der Waals surface area contributed by atoms with Gasteiger partial charge in [0.1, 0.15) is 0 Å². The molecule has 2 N–H and O–H groups in total. The van der Waals surface area contributed by atoms with Crippen LogP contribution < -0.4 is 20.1 Å². The number of benzene rings is 3. The van der Waals surface area contributed by atoms with Crippen LogP contribution in [0.25, 0.3) is 0 Å². The van der Waals surface area contributed by atoms with Crippen molar-refractivity contribution in [2.24, 2.45) is 0 Å². The van der Waals surface area contributed by atoms with E-state index in [1.165, 1.54) is 12.5 Å². The van der Waals surface area contributed by atoms with Crippen molar-refractivity contribution in [3.8, 4) is 11.5 Å². The van der Waals surface area contributed by atoms with Crippen molar-refractivity contribution in [3.05, 3.63) is 95.2 Å². The van der Waals surface area contributed by atoms with E-state index in [-0.39, 0.29) is 17.7 Å². The Kier molecular flexibility index (Phi) is 6.27. The summed E-state index contributed by atoms with van der Waals surface area (Å²) in [4.78, 5) is 25.3. The number of carbonyl (C=O) groups is 2. The van der Waals surface area contributed by atoms with Crippen molar-refractivity contribution < 1.29 is 19.1 Å². The number of rotatable bonds is 5. The molecule has 0 saturated heterocycles. The van der Waals surface area contributed by atoms with Gasteiger partial charge in [-0.3, -0.25) is 9.59 Å². The Bertz CT molecular complexity index is 1300. The first-order chi connectivity index (χ1) is 17.0. The van der Waals surface area contributed by atoms with Crippen molar-refractivity contribution in [2.75, 3.05) is 17.2 Å². The molecule has 6 heteroatoms. The van der Waals surface area contributed by atoms with Gasteiger partial charge in [-0.2, -0.15) is 0 Å². The Morgan fingerprint density at radius 2 is 1.66 bits per heavy atom. The Balaban J connectivity index is 1.60. The lowest BCUT2D eigenvalue weighted by molar-refractivity contribution is -0.132. The molecule has 35 heavy (non-hydrogen) atoms. The number of allylic oxidation sites excluding steroid dienone is 1. The van der Waals surface area contributed by atoms with E-state index in [0.29, 0.717) is 24.5 Å². The Hall–Kier alpha value is -4.06. The first kappa shape index (κ1) is 22.7. The molecule has 1 heterocycles. The van der Waals surface area contributed by atoms with Crippen LogP contribution in [-0.4, -0.2) is 18.4 Å². The second-order valence-corrected chi connectivity index (χ2v) is 8.81. The van der Waals surface area contributed by atoms with Crippen LogP contribution in [0.5, 0.6) is 11.5 Å². The van der Waals surface area contributed by atoms with Crippen LogP contribution in [-0.2, 0) is 9.59 Å². The summed E-state index contributed by atoms with van der Waals surface area (Å²) in [5, 5.41) is 7.15. The van der Waals surface area contributed by atoms with Crippen molar-refractivity contribution in [1.29, 1.82) is 0 Å². The van der Waals surface area contributed by atoms with E-state index in [2.05, 4.69) is 22.8 Å². The summed E-state index contributed by atoms with van der Waals surface area (Å²) in [5.74, 6) is 0.651. The molecular formula is C29H28N2O4. The minimum atomic E-state index is -0.413. The van der Waals surface area contributed by atoms with Gasteiger partial charge in [0.15, 0.2) is 17.3 Å². The summed E-state index contributed by atoms with van der Waals surface area (Å²) < 4.78 is 11.1. The lowest BCUT2D eigenvalue weighted by Crippen LogP contribution is -2.27. The van der Waals surface area contributed by atoms with Crippen LogP contribution >= 0.6 is 0 Å². The molecular weight excluding hydrogens is 440 g/mol. The Labute approximate surface area is 205 Å². The summed E-state index contributed by atoms with van der Waals surface area (Å²) in [5.41, 5.74) is 5.54. The second kappa shape index (κ2) is 9.66. The topological polar surface area (TPSA) is 76.7 Å². The van der Waals surface area contributed by atoms with Gasteiger partial charge in [0.25, 0.3) is 0 Å². The number of anilines is 2. The number of fused-ring (bicyclic) bond motifs is 1. The maximum atomic E-state index is 13.7. The van der Waals surface area contributed by atoms with Crippen LogP contribution in [0.4, 0.5) is 11.4 Å². The number of carbonyl (C=O) groups excluding carboxylic acids is 2. The highest BCUT2D eigenvalue weighted by Gasteiger charge is 2.36. The van der Waals surface area contributed by atoms with E-state index >= 15 is 0 Å². The highest BCUT2D eigenvalue weighted by atomic mass is 16.6. The molecule has 6 nitrogen and oxygen atoms in total. The molecule has 2 aliphatic rings. The van der Waals surface area contributed by atoms with E-state index in [9.17, 15) is 9.59 Å². The number of ketones is 1. The molecule has 0 unspecified atom stereocenters. The number of ether oxygens (including phenoxy) is 2. The molecule has 0 fully saturated rings. The van der Waals surface area contributed by atoms with E-state index in [1.54, 1.807) is 6.07 Å². The van der Waals surface area contributed by atoms with Gasteiger partial charge in [-0.25, -0.2) is 0 Å². The molecule has 178 valence electrons. The SMILES string of the molecule is CCOc1cc([C@@H]2Nc3ccccc3NC3=C2C(=O)C[C@@H](c2ccccc2)C3)ccc1OC(C)=O. The van der Waals surface area contributed by atoms with Crippen LogP contribution in [0, 0.1) is 0 Å². The third-order valence-corrected chi connectivity index (χ3v) is 6.43. The van der Waals surface area contributed by atoms with Crippen molar-refractivity contribution in [3.63, 3.8) is 0 Å². The maximum Gasteiger partial charge on any atom is 0.308 e. The van der Waals surface area contributed by atoms with Crippen molar-refractivity contribution >= 4 is 23.1 Å². The molecule has 0 aromatic heterocycles. The molecule has 5 rings (SSSR count). The van der Waals surface area contributed by atoms with Gasteiger partial charge in [0.2, 0.25) is 0 Å². The summed E-state index contributed by atoms with van der Waals surface area (Å²) in [6.07, 6.45) is 1.18. The predicted octanol–water partition coefficient (Wildman–Crippen LogP) is 5.99. The van der Waals surface area contributed by atoms with Gasteiger partial charge >= 0.3 is 5.97 Å². The number of hydrogen-bond donors (Lipinski definition) is 2. The van der Waals surface area contributed by atoms with Crippen LogP contribution in [0.15, 0.2) is 84.1 Å². The van der Waals surface area contributed by atoms with Gasteiger partial charge in [0.05, 0.1) is 24.0 Å². The fourth-order valence-electron chi connectivity index (χ4n) is 4.91. The van der Waals surface area contributed by atoms with Crippen LogP contribution in [0.2, 0.25) is 0 Å². The normalized spacial score (nSPS) is 19.0. The summed E-state index contributed by atoms with van der Waals surface area (Å²) in [6.45, 7) is 3.66. The van der Waals surface area contributed by atoms with E-state index < -0.39 is 5.97 Å². The zero-order valence-corrected chi connectivity index (χ0v) is 19.8. The quantitative estimate of drug-likeness (QED) is 0.354. The van der Waals surface area contributed by atoms with Gasteiger partial charge in [0, 0.05) is 24.6 Å². The monoisotopic (exact) mass is 468 g/mol. The number of Topliss-reactive ketones (excluding diaryl/α,β-unsaturated/α-hetero) is 1. The van der Waals surface area contributed by atoms with Crippen molar-refractivity contribution in [2.45, 2.75) is 38.6 Å². The molecule has 0 saturated carbocycles. The maximum absolute atomic E-state index is 13.7. The van der Waals surface area contributed by atoms with E-state index in [1.807, 2.05) is 61.5 Å². The van der Waals surface area contributed by atoms with E-state index in [0.717, 1.165) is 34.6 Å². The molecule has 3 aromatic carbocycles. The second-order valence-electron chi connectivity index (χ2n) is 8.81. The van der Waals surface area contributed by atoms with Crippen LogP contribution in [0.1, 0.15) is 49.8 Å². The average Bonchev–Trinajstić information content (AvgIpc) is 3.02. The molecule has 0 amide bonds. The van der Waals surface area contributed by atoms with E-state index in [4.69, 9.17) is 9.47 Å². The molecule has 0 spiro atoms. The highest BCUT2D eigenvalue weighted by molar-refractivity contribution is 6.01. The van der Waals surface area contributed by atoms with Gasteiger partial charge in [-0.15, -0.1) is 0 Å².